The Hall–Kier alpha value is -3.81. The molecule has 0 bridgehead atoms. The van der Waals surface area contributed by atoms with Crippen LogP contribution in [0.3, 0.4) is 0 Å². The molecule has 0 saturated carbocycles. The Bertz CT molecular complexity index is 1850. The molecule has 1 saturated heterocycles. The highest BCUT2D eigenvalue weighted by atomic mass is 35.5. The van der Waals surface area contributed by atoms with Gasteiger partial charge in [0.2, 0.25) is 0 Å². The molecule has 0 radical (unpaired) electrons. The van der Waals surface area contributed by atoms with Crippen LogP contribution in [0.2, 0.25) is 5.02 Å². The van der Waals surface area contributed by atoms with E-state index in [-0.39, 0.29) is 27.7 Å². The number of primary amides is 1. The van der Waals surface area contributed by atoms with E-state index in [0.29, 0.717) is 58.3 Å². The van der Waals surface area contributed by atoms with Gasteiger partial charge in [0.1, 0.15) is 45.5 Å². The van der Waals surface area contributed by atoms with Crippen LogP contribution in [-0.4, -0.2) is 65.9 Å². The van der Waals surface area contributed by atoms with Crippen LogP contribution in [0.1, 0.15) is 61.9 Å². The van der Waals surface area contributed by atoms with Crippen LogP contribution in [0, 0.1) is 0 Å². The number of hydrogen-bond acceptors (Lipinski definition) is 9. The number of rotatable bonds is 8. The number of hydrogen-bond donors (Lipinski definition) is 1. The molecule has 1 aliphatic rings. The van der Waals surface area contributed by atoms with Crippen LogP contribution in [-0.2, 0) is 14.6 Å². The summed E-state index contributed by atoms with van der Waals surface area (Å²) < 4.78 is 43.7. The summed E-state index contributed by atoms with van der Waals surface area (Å²) in [5.41, 5.74) is 6.96. The summed E-state index contributed by atoms with van der Waals surface area (Å²) in [6, 6.07) is 11.8. The maximum Gasteiger partial charge on any atom is 0.410 e. The zero-order valence-electron chi connectivity index (χ0n) is 25.6. The molecule has 240 valence electrons. The molecule has 0 aliphatic carbocycles. The third kappa shape index (κ3) is 7.37. The van der Waals surface area contributed by atoms with Gasteiger partial charge in [-0.05, 0) is 52.0 Å². The van der Waals surface area contributed by atoms with E-state index < -0.39 is 27.4 Å². The van der Waals surface area contributed by atoms with Gasteiger partial charge >= 0.3 is 6.09 Å². The van der Waals surface area contributed by atoms with E-state index in [4.69, 9.17) is 31.5 Å². The Morgan fingerprint density at radius 2 is 1.82 bits per heavy atom. The van der Waals surface area contributed by atoms with Gasteiger partial charge in [0.15, 0.2) is 9.84 Å². The number of sulfone groups is 1. The number of fused-ring (bicyclic) bond motifs is 1. The Balaban J connectivity index is 1.31. The number of ether oxygens (including phenoxy) is 3. The van der Waals surface area contributed by atoms with Gasteiger partial charge in [-0.15, -0.1) is 11.3 Å². The second-order valence-corrected chi connectivity index (χ2v) is 15.3. The number of carbonyl (C=O) groups excluding carboxylic acids is 2. The van der Waals surface area contributed by atoms with Crippen molar-refractivity contribution < 1.29 is 32.2 Å². The summed E-state index contributed by atoms with van der Waals surface area (Å²) in [4.78, 5) is 31.2. The van der Waals surface area contributed by atoms with Gasteiger partial charge < -0.3 is 24.8 Å². The lowest BCUT2D eigenvalue weighted by Crippen LogP contribution is -2.44. The topological polar surface area (TPSA) is 143 Å². The van der Waals surface area contributed by atoms with Gasteiger partial charge in [-0.1, -0.05) is 23.7 Å². The monoisotopic (exact) mass is 674 g/mol. The van der Waals surface area contributed by atoms with Gasteiger partial charge in [-0.3, -0.25) is 9.36 Å². The predicted octanol–water partition coefficient (Wildman–Crippen LogP) is 6.16. The maximum absolute atomic E-state index is 12.4. The Kier molecular flexibility index (Phi) is 9.07. The van der Waals surface area contributed by atoms with E-state index >= 15 is 0 Å². The van der Waals surface area contributed by atoms with Crippen molar-refractivity contribution in [3.63, 3.8) is 0 Å². The van der Waals surface area contributed by atoms with E-state index in [9.17, 15) is 18.0 Å². The highest BCUT2D eigenvalue weighted by Gasteiger charge is 2.29. The van der Waals surface area contributed by atoms with E-state index in [1.54, 1.807) is 34.0 Å². The fraction of sp³-hybridized carbons (Fsp3) is 0.387. The first kappa shape index (κ1) is 32.6. The second-order valence-electron chi connectivity index (χ2n) is 11.9. The molecule has 2 amide bonds. The Labute approximate surface area is 270 Å². The average Bonchev–Trinajstić information content (AvgIpc) is 3.57. The van der Waals surface area contributed by atoms with Crippen molar-refractivity contribution in [1.29, 1.82) is 0 Å². The number of piperidine rings is 1. The molecule has 1 atom stereocenters. The molecule has 2 aromatic heterocycles. The molecule has 4 aromatic rings. The van der Waals surface area contributed by atoms with Crippen LogP contribution in [0.5, 0.6) is 11.5 Å². The fourth-order valence-electron chi connectivity index (χ4n) is 4.99. The minimum Gasteiger partial charge on any atom is -0.489 e. The number of amides is 2. The summed E-state index contributed by atoms with van der Waals surface area (Å²) in [5.74, 6) is 0.125. The summed E-state index contributed by atoms with van der Waals surface area (Å²) in [6.45, 7) is 8.36. The van der Waals surface area contributed by atoms with Crippen LogP contribution in [0.4, 0.5) is 4.79 Å². The van der Waals surface area contributed by atoms with Crippen LogP contribution < -0.4 is 15.2 Å². The normalized spacial score (nSPS) is 15.2. The van der Waals surface area contributed by atoms with Gasteiger partial charge in [0.05, 0.1) is 21.0 Å². The third-order valence-corrected chi connectivity index (χ3v) is 9.86. The third-order valence-electron chi connectivity index (χ3n) is 7.22. The van der Waals surface area contributed by atoms with Crippen molar-refractivity contribution in [3.8, 4) is 16.5 Å². The van der Waals surface area contributed by atoms with Crippen LogP contribution >= 0.6 is 22.9 Å². The minimum atomic E-state index is -3.40. The van der Waals surface area contributed by atoms with Gasteiger partial charge in [-0.2, -0.15) is 0 Å². The van der Waals surface area contributed by atoms with Crippen LogP contribution in [0.15, 0.2) is 53.7 Å². The fourth-order valence-corrected chi connectivity index (χ4v) is 6.88. The average molecular weight is 675 g/mol. The molecule has 0 spiro atoms. The van der Waals surface area contributed by atoms with Crippen molar-refractivity contribution in [2.75, 3.05) is 19.3 Å². The first-order valence-corrected chi connectivity index (χ1v) is 17.4. The standard InChI is InChI=1S/C31H35ClN4O7S2/c1-18(21-7-6-8-24(27(21)32)42-19-11-13-35(14-12-19)30(38)43-31(2,3)4)41-25-16-26(44-28(25)29(33)37)36-17-34-22-15-20(45(5,39)40)9-10-23(22)36/h6-10,15-19H,11-14H2,1-5H3,(H2,33,37)/t18-/m1/s1. The number of imidazole rings is 1. The molecule has 2 N–H and O–H groups in total. The van der Waals surface area contributed by atoms with Crippen molar-refractivity contribution in [2.45, 2.75) is 63.2 Å². The lowest BCUT2D eigenvalue weighted by atomic mass is 10.1. The SMILES string of the molecule is C[C@@H](Oc1cc(-n2cnc3cc(S(C)(=O)=O)ccc32)sc1C(N)=O)c1cccc(OC2CCN(C(=O)OC(C)(C)C)CC2)c1Cl. The molecule has 3 heterocycles. The Morgan fingerprint density at radius 1 is 1.11 bits per heavy atom. The highest BCUT2D eigenvalue weighted by Crippen LogP contribution is 2.39. The lowest BCUT2D eigenvalue weighted by molar-refractivity contribution is 0.0126. The predicted molar refractivity (Wildman–Crippen MR) is 173 cm³/mol. The second kappa shape index (κ2) is 12.5. The van der Waals surface area contributed by atoms with Crippen molar-refractivity contribution in [1.82, 2.24) is 14.5 Å². The first-order valence-electron chi connectivity index (χ1n) is 14.3. The number of thiophene rings is 1. The highest BCUT2D eigenvalue weighted by molar-refractivity contribution is 7.90. The molecule has 0 unspecified atom stereocenters. The van der Waals surface area contributed by atoms with E-state index in [1.165, 1.54) is 12.1 Å². The minimum absolute atomic E-state index is 0.132. The summed E-state index contributed by atoms with van der Waals surface area (Å²) in [6.07, 6.45) is 2.91. The van der Waals surface area contributed by atoms with E-state index in [0.717, 1.165) is 17.6 Å². The number of carbonyl (C=O) groups is 2. The molecular weight excluding hydrogens is 640 g/mol. The molecule has 11 nitrogen and oxygen atoms in total. The van der Waals surface area contributed by atoms with Gasteiger partial charge in [-0.25, -0.2) is 18.2 Å². The zero-order valence-corrected chi connectivity index (χ0v) is 28.0. The number of benzene rings is 2. The molecule has 2 aromatic carbocycles. The number of likely N-dealkylation sites (tertiary alicyclic amines) is 1. The lowest BCUT2D eigenvalue weighted by Gasteiger charge is -2.33. The van der Waals surface area contributed by atoms with Crippen molar-refractivity contribution >= 4 is 55.8 Å². The quantitative estimate of drug-likeness (QED) is 0.234. The van der Waals surface area contributed by atoms with Gasteiger partial charge in [0.25, 0.3) is 5.91 Å². The van der Waals surface area contributed by atoms with Crippen molar-refractivity contribution in [2.24, 2.45) is 5.73 Å². The number of halogens is 1. The summed E-state index contributed by atoms with van der Waals surface area (Å²) in [7, 11) is -3.40. The van der Waals surface area contributed by atoms with E-state index in [2.05, 4.69) is 4.98 Å². The number of nitrogens with two attached hydrogens (primary N) is 1. The Morgan fingerprint density at radius 3 is 2.47 bits per heavy atom. The zero-order chi connectivity index (χ0) is 32.7. The van der Waals surface area contributed by atoms with E-state index in [1.807, 2.05) is 39.8 Å². The largest absolute Gasteiger partial charge is 0.489 e. The molecule has 5 rings (SSSR count). The maximum atomic E-state index is 12.4. The smallest absolute Gasteiger partial charge is 0.410 e. The first-order chi connectivity index (χ1) is 21.1. The van der Waals surface area contributed by atoms with Crippen molar-refractivity contribution in [3.05, 3.63) is 64.3 Å². The molecule has 14 heteroatoms. The summed E-state index contributed by atoms with van der Waals surface area (Å²) in [5, 5.41) is 0.999. The molecule has 1 fully saturated rings. The molecule has 1 aliphatic heterocycles. The summed E-state index contributed by atoms with van der Waals surface area (Å²) >= 11 is 7.94. The van der Waals surface area contributed by atoms with Gasteiger partial charge in [0, 0.05) is 43.8 Å². The number of nitrogens with zero attached hydrogens (tertiary/aromatic N) is 3. The molecular formula is C31H35ClN4O7S2. The molecule has 45 heavy (non-hydrogen) atoms. The van der Waals surface area contributed by atoms with Crippen LogP contribution in [0.25, 0.3) is 16.0 Å². The number of aromatic nitrogens is 2.